The molecule has 0 N–H and O–H groups in total. The molecule has 0 atom stereocenters. The van der Waals surface area contributed by atoms with Crippen molar-refractivity contribution in [3.8, 4) is 5.75 Å². The average molecular weight is 459 g/mol. The molecule has 6 heteroatoms. The summed E-state index contributed by atoms with van der Waals surface area (Å²) in [5.74, 6) is -0.854. The Morgan fingerprint density at radius 1 is 0.882 bits per heavy atom. The number of rotatable bonds is 5. The smallest absolute Gasteiger partial charge is 0.196 e. The molecule has 1 fully saturated rings. The number of carbonyl (C=O) groups is 2. The van der Waals surface area contributed by atoms with Crippen molar-refractivity contribution < 1.29 is 18.7 Å². The van der Waals surface area contributed by atoms with Crippen LogP contribution in [0.2, 0.25) is 0 Å². The van der Waals surface area contributed by atoms with Gasteiger partial charge in [0.25, 0.3) is 0 Å². The van der Waals surface area contributed by atoms with Gasteiger partial charge in [-0.2, -0.15) is 0 Å². The molecule has 0 unspecified atom stereocenters. The number of fused-ring (bicyclic) bond motifs is 1. The van der Waals surface area contributed by atoms with Crippen LogP contribution in [0.1, 0.15) is 37.4 Å². The summed E-state index contributed by atoms with van der Waals surface area (Å²) in [6.07, 6.45) is 0. The number of halogens is 1. The van der Waals surface area contributed by atoms with E-state index in [0.29, 0.717) is 42.9 Å². The summed E-state index contributed by atoms with van der Waals surface area (Å²) in [6.45, 7) is 5.29. The van der Waals surface area contributed by atoms with E-state index in [1.54, 1.807) is 30.3 Å². The molecule has 1 heterocycles. The van der Waals surface area contributed by atoms with Crippen molar-refractivity contribution in [2.24, 2.45) is 0 Å². The number of Topliss-reactive ketones (excluding diaryl/α,β-unsaturated/α-hetero) is 2. The summed E-state index contributed by atoms with van der Waals surface area (Å²) in [6, 6.07) is 19.5. The van der Waals surface area contributed by atoms with Crippen molar-refractivity contribution in [1.82, 2.24) is 9.80 Å². The van der Waals surface area contributed by atoms with Crippen LogP contribution in [0.3, 0.4) is 0 Å². The first kappa shape index (κ1) is 22.4. The SMILES string of the molecule is COc1cc(F)cc(C2(N3CCN(Cc4cccc(C)c4)CC3)C(=O)c3ccccc3C2=O)c1. The number of ketones is 2. The second-order valence-electron chi connectivity index (χ2n) is 9.05. The van der Waals surface area contributed by atoms with Crippen LogP contribution in [0.4, 0.5) is 4.39 Å². The second-order valence-corrected chi connectivity index (χ2v) is 9.05. The maximum atomic E-state index is 14.6. The topological polar surface area (TPSA) is 49.9 Å². The van der Waals surface area contributed by atoms with Gasteiger partial charge in [-0.15, -0.1) is 0 Å². The van der Waals surface area contributed by atoms with Gasteiger partial charge in [0, 0.05) is 49.9 Å². The second kappa shape index (κ2) is 8.78. The van der Waals surface area contributed by atoms with E-state index in [2.05, 4.69) is 36.1 Å². The molecule has 5 rings (SSSR count). The molecule has 0 amide bonds. The van der Waals surface area contributed by atoms with Gasteiger partial charge in [0.15, 0.2) is 17.1 Å². The predicted molar refractivity (Wildman–Crippen MR) is 128 cm³/mol. The number of carbonyl (C=O) groups excluding carboxylic acids is 2. The number of hydrogen-bond donors (Lipinski definition) is 0. The molecule has 34 heavy (non-hydrogen) atoms. The third-order valence-electron chi connectivity index (χ3n) is 6.93. The Balaban J connectivity index is 1.51. The summed E-state index contributed by atoms with van der Waals surface area (Å²) in [7, 11) is 1.45. The maximum absolute atomic E-state index is 14.6. The number of piperazine rings is 1. The number of methoxy groups -OCH3 is 1. The Morgan fingerprint density at radius 2 is 1.56 bits per heavy atom. The number of benzene rings is 3. The number of hydrogen-bond acceptors (Lipinski definition) is 5. The van der Waals surface area contributed by atoms with Gasteiger partial charge >= 0.3 is 0 Å². The Bertz CT molecular complexity index is 1230. The van der Waals surface area contributed by atoms with Gasteiger partial charge in [0.05, 0.1) is 7.11 Å². The van der Waals surface area contributed by atoms with Crippen LogP contribution in [0.25, 0.3) is 0 Å². The molecule has 5 nitrogen and oxygen atoms in total. The van der Waals surface area contributed by atoms with Crippen LogP contribution in [-0.4, -0.2) is 54.7 Å². The first-order valence-corrected chi connectivity index (χ1v) is 11.5. The van der Waals surface area contributed by atoms with Crippen molar-refractivity contribution in [3.05, 3.63) is 100 Å². The molecule has 1 aliphatic carbocycles. The zero-order chi connectivity index (χ0) is 23.9. The number of ether oxygens (including phenoxy) is 1. The Labute approximate surface area is 198 Å². The lowest BCUT2D eigenvalue weighted by Crippen LogP contribution is -2.60. The highest BCUT2D eigenvalue weighted by atomic mass is 19.1. The van der Waals surface area contributed by atoms with E-state index in [4.69, 9.17) is 4.74 Å². The molecule has 174 valence electrons. The first-order chi connectivity index (χ1) is 16.4. The van der Waals surface area contributed by atoms with E-state index < -0.39 is 11.4 Å². The van der Waals surface area contributed by atoms with Gasteiger partial charge in [-0.3, -0.25) is 19.4 Å². The van der Waals surface area contributed by atoms with E-state index in [9.17, 15) is 14.0 Å². The van der Waals surface area contributed by atoms with Gasteiger partial charge in [-0.25, -0.2) is 4.39 Å². The molecule has 3 aromatic carbocycles. The fourth-order valence-electron chi connectivity index (χ4n) is 5.30. The highest BCUT2D eigenvalue weighted by Gasteiger charge is 2.58. The Morgan fingerprint density at radius 3 is 2.18 bits per heavy atom. The summed E-state index contributed by atoms with van der Waals surface area (Å²) >= 11 is 0. The van der Waals surface area contributed by atoms with Crippen LogP contribution < -0.4 is 4.74 Å². The van der Waals surface area contributed by atoms with Gasteiger partial charge in [0.2, 0.25) is 0 Å². The van der Waals surface area contributed by atoms with Gasteiger partial charge < -0.3 is 4.74 Å². The molecule has 0 bridgehead atoms. The minimum absolute atomic E-state index is 0.281. The monoisotopic (exact) mass is 458 g/mol. The van der Waals surface area contributed by atoms with Crippen molar-refractivity contribution in [1.29, 1.82) is 0 Å². The van der Waals surface area contributed by atoms with E-state index in [0.717, 1.165) is 6.54 Å². The lowest BCUT2D eigenvalue weighted by molar-refractivity contribution is 0.0278. The van der Waals surface area contributed by atoms with Crippen LogP contribution in [-0.2, 0) is 12.1 Å². The number of nitrogens with zero attached hydrogens (tertiary/aromatic N) is 2. The highest BCUT2D eigenvalue weighted by Crippen LogP contribution is 2.44. The summed E-state index contributed by atoms with van der Waals surface area (Å²) in [5.41, 5.74) is 1.96. The average Bonchev–Trinajstić information content (AvgIpc) is 3.07. The maximum Gasteiger partial charge on any atom is 0.196 e. The van der Waals surface area contributed by atoms with E-state index >= 15 is 0 Å². The van der Waals surface area contributed by atoms with Crippen molar-refractivity contribution in [2.45, 2.75) is 19.0 Å². The van der Waals surface area contributed by atoms with E-state index in [1.165, 1.54) is 30.4 Å². The third kappa shape index (κ3) is 3.63. The summed E-state index contributed by atoms with van der Waals surface area (Å²) in [4.78, 5) is 32.1. The summed E-state index contributed by atoms with van der Waals surface area (Å²) < 4.78 is 19.9. The molecule has 0 spiro atoms. The van der Waals surface area contributed by atoms with Crippen LogP contribution in [0.15, 0.2) is 66.7 Å². The summed E-state index contributed by atoms with van der Waals surface area (Å²) in [5, 5.41) is 0. The fourth-order valence-corrected chi connectivity index (χ4v) is 5.30. The molecule has 0 aromatic heterocycles. The quantitative estimate of drug-likeness (QED) is 0.536. The van der Waals surface area contributed by atoms with Crippen LogP contribution >= 0.6 is 0 Å². The normalized spacial score (nSPS) is 18.2. The minimum atomic E-state index is -1.59. The molecule has 1 saturated heterocycles. The zero-order valence-electron chi connectivity index (χ0n) is 19.4. The number of aryl methyl sites for hydroxylation is 1. The molecular formula is C28H27FN2O3. The zero-order valence-corrected chi connectivity index (χ0v) is 19.4. The Hall–Kier alpha value is -3.35. The highest BCUT2D eigenvalue weighted by molar-refractivity contribution is 6.32. The molecule has 0 radical (unpaired) electrons. The van der Waals surface area contributed by atoms with Crippen molar-refractivity contribution in [2.75, 3.05) is 33.3 Å². The Kier molecular flexibility index (Phi) is 5.80. The van der Waals surface area contributed by atoms with E-state index in [-0.39, 0.29) is 17.3 Å². The molecule has 2 aliphatic rings. The lowest BCUT2D eigenvalue weighted by atomic mass is 9.82. The van der Waals surface area contributed by atoms with Gasteiger partial charge in [-0.05, 0) is 30.2 Å². The van der Waals surface area contributed by atoms with Gasteiger partial charge in [-0.1, -0.05) is 54.1 Å². The molecule has 1 aliphatic heterocycles. The van der Waals surface area contributed by atoms with E-state index in [1.807, 2.05) is 4.90 Å². The van der Waals surface area contributed by atoms with Crippen LogP contribution in [0.5, 0.6) is 5.75 Å². The fraction of sp³-hybridized carbons (Fsp3) is 0.286. The largest absolute Gasteiger partial charge is 0.497 e. The lowest BCUT2D eigenvalue weighted by Gasteiger charge is -2.44. The van der Waals surface area contributed by atoms with Crippen LogP contribution in [0, 0.1) is 12.7 Å². The molecule has 3 aromatic rings. The minimum Gasteiger partial charge on any atom is -0.497 e. The predicted octanol–water partition coefficient (Wildman–Crippen LogP) is 4.24. The first-order valence-electron chi connectivity index (χ1n) is 11.5. The third-order valence-corrected chi connectivity index (χ3v) is 6.93. The van der Waals surface area contributed by atoms with Gasteiger partial charge in [0.1, 0.15) is 11.6 Å². The molecule has 0 saturated carbocycles. The standard InChI is InChI=1S/C28H27FN2O3/c1-19-6-5-7-20(14-19)18-30-10-12-31(13-11-30)28(21-15-22(29)17-23(16-21)34-2)26(32)24-8-3-4-9-25(24)27(28)33/h3-9,14-17H,10-13,18H2,1-2H3. The molecular weight excluding hydrogens is 431 g/mol. The van der Waals surface area contributed by atoms with Crippen molar-refractivity contribution >= 4 is 11.6 Å². The van der Waals surface area contributed by atoms with Crippen molar-refractivity contribution in [3.63, 3.8) is 0 Å².